The zero-order valence-electron chi connectivity index (χ0n) is 16.1. The predicted molar refractivity (Wildman–Crippen MR) is 113 cm³/mol. The summed E-state index contributed by atoms with van der Waals surface area (Å²) in [6, 6.07) is 11.4. The lowest BCUT2D eigenvalue weighted by atomic mass is 10.1. The third-order valence-corrected chi connectivity index (χ3v) is 4.55. The molecular formula is C21H22Cl2N2O4. The quantitative estimate of drug-likeness (QED) is 0.609. The lowest BCUT2D eigenvalue weighted by Crippen LogP contribution is -2.29. The smallest absolute Gasteiger partial charge is 0.310 e. The van der Waals surface area contributed by atoms with Gasteiger partial charge >= 0.3 is 5.97 Å². The zero-order valence-corrected chi connectivity index (χ0v) is 17.6. The van der Waals surface area contributed by atoms with Gasteiger partial charge in [0.2, 0.25) is 0 Å². The van der Waals surface area contributed by atoms with Crippen molar-refractivity contribution in [1.82, 2.24) is 5.32 Å². The second kappa shape index (κ2) is 10.8. The van der Waals surface area contributed by atoms with Gasteiger partial charge in [0.1, 0.15) is 0 Å². The molecule has 2 aromatic rings. The van der Waals surface area contributed by atoms with E-state index < -0.39 is 18.5 Å². The topological polar surface area (TPSA) is 84.5 Å². The molecular weight excluding hydrogens is 415 g/mol. The van der Waals surface area contributed by atoms with Crippen LogP contribution in [0.1, 0.15) is 29.8 Å². The van der Waals surface area contributed by atoms with Crippen molar-refractivity contribution in [2.24, 2.45) is 5.92 Å². The van der Waals surface area contributed by atoms with Crippen molar-refractivity contribution in [3.63, 3.8) is 0 Å². The van der Waals surface area contributed by atoms with E-state index >= 15 is 0 Å². The summed E-state index contributed by atoms with van der Waals surface area (Å²) in [5, 5.41) is 6.13. The summed E-state index contributed by atoms with van der Waals surface area (Å²) < 4.78 is 5.00. The van der Waals surface area contributed by atoms with Crippen LogP contribution in [0.25, 0.3) is 0 Å². The van der Waals surface area contributed by atoms with E-state index in [-0.39, 0.29) is 12.3 Å². The number of amides is 2. The van der Waals surface area contributed by atoms with E-state index in [2.05, 4.69) is 10.6 Å². The van der Waals surface area contributed by atoms with Crippen LogP contribution >= 0.6 is 23.2 Å². The Morgan fingerprint density at radius 2 is 1.76 bits per heavy atom. The molecule has 0 aliphatic rings. The fraction of sp³-hybridized carbons (Fsp3) is 0.286. The number of nitrogens with one attached hydrogen (secondary N) is 2. The van der Waals surface area contributed by atoms with Gasteiger partial charge in [0.25, 0.3) is 11.8 Å². The van der Waals surface area contributed by atoms with Gasteiger partial charge in [-0.3, -0.25) is 14.4 Å². The van der Waals surface area contributed by atoms with E-state index in [1.54, 1.807) is 42.5 Å². The molecule has 8 heteroatoms. The minimum absolute atomic E-state index is 0.0433. The lowest BCUT2D eigenvalue weighted by Gasteiger charge is -2.12. The van der Waals surface area contributed by atoms with Gasteiger partial charge in [-0.15, -0.1) is 0 Å². The molecule has 0 aliphatic carbocycles. The Kier molecular flexibility index (Phi) is 8.49. The van der Waals surface area contributed by atoms with Gasteiger partial charge in [0.15, 0.2) is 6.61 Å². The summed E-state index contributed by atoms with van der Waals surface area (Å²) in [5.74, 6) is -1.11. The monoisotopic (exact) mass is 436 g/mol. The fourth-order valence-electron chi connectivity index (χ4n) is 2.38. The maximum absolute atomic E-state index is 12.3. The molecule has 0 aromatic heterocycles. The average molecular weight is 437 g/mol. The summed E-state index contributed by atoms with van der Waals surface area (Å²) >= 11 is 11.8. The highest BCUT2D eigenvalue weighted by molar-refractivity contribution is 6.42. The molecule has 6 nitrogen and oxygen atoms in total. The van der Waals surface area contributed by atoms with Crippen molar-refractivity contribution in [3.05, 3.63) is 63.6 Å². The standard InChI is InChI=1S/C21H22Cl2N2O4/c1-13(2)11-24-21(28)15-5-3-4-6-18(15)25-19(26)12-29-20(27)10-14-7-8-16(22)17(23)9-14/h3-9,13H,10-12H2,1-2H3,(H,24,28)(H,25,26). The third kappa shape index (κ3) is 7.40. The Labute approximate surface area is 179 Å². The van der Waals surface area contributed by atoms with Crippen molar-refractivity contribution in [2.75, 3.05) is 18.5 Å². The van der Waals surface area contributed by atoms with Gasteiger partial charge < -0.3 is 15.4 Å². The Hall–Kier alpha value is -2.57. The van der Waals surface area contributed by atoms with Crippen LogP contribution in [0.15, 0.2) is 42.5 Å². The average Bonchev–Trinajstić information content (AvgIpc) is 2.68. The molecule has 0 bridgehead atoms. The van der Waals surface area contributed by atoms with E-state index in [1.807, 2.05) is 13.8 Å². The molecule has 2 N–H and O–H groups in total. The number of carbonyl (C=O) groups excluding carboxylic acids is 3. The van der Waals surface area contributed by atoms with Crippen LogP contribution < -0.4 is 10.6 Å². The van der Waals surface area contributed by atoms with E-state index in [0.29, 0.717) is 39.3 Å². The first-order chi connectivity index (χ1) is 13.8. The molecule has 0 radical (unpaired) electrons. The first kappa shape index (κ1) is 22.7. The Bertz CT molecular complexity index is 900. The molecule has 0 atom stereocenters. The Balaban J connectivity index is 1.89. The molecule has 2 aromatic carbocycles. The molecule has 2 rings (SSSR count). The zero-order chi connectivity index (χ0) is 21.4. The van der Waals surface area contributed by atoms with Crippen molar-refractivity contribution in [3.8, 4) is 0 Å². The van der Waals surface area contributed by atoms with Crippen molar-refractivity contribution in [2.45, 2.75) is 20.3 Å². The lowest BCUT2D eigenvalue weighted by molar-refractivity contribution is -0.146. The first-order valence-corrected chi connectivity index (χ1v) is 9.78. The van der Waals surface area contributed by atoms with Crippen LogP contribution in [0.2, 0.25) is 10.0 Å². The molecule has 154 valence electrons. The predicted octanol–water partition coefficient (Wildman–Crippen LogP) is 4.10. The van der Waals surface area contributed by atoms with Crippen LogP contribution in [-0.2, 0) is 20.7 Å². The number of hydrogen-bond acceptors (Lipinski definition) is 4. The number of anilines is 1. The number of ether oxygens (including phenoxy) is 1. The number of rotatable bonds is 8. The Morgan fingerprint density at radius 1 is 1.03 bits per heavy atom. The van der Waals surface area contributed by atoms with Crippen LogP contribution in [-0.4, -0.2) is 30.9 Å². The second-order valence-corrected chi connectivity index (χ2v) is 7.60. The number of para-hydroxylation sites is 1. The summed E-state index contributed by atoms with van der Waals surface area (Å²) in [6.45, 7) is 4.02. The highest BCUT2D eigenvalue weighted by atomic mass is 35.5. The van der Waals surface area contributed by atoms with E-state index in [4.69, 9.17) is 27.9 Å². The van der Waals surface area contributed by atoms with Crippen LogP contribution in [0.3, 0.4) is 0 Å². The van der Waals surface area contributed by atoms with Gasteiger partial charge in [-0.05, 0) is 35.7 Å². The van der Waals surface area contributed by atoms with Gasteiger partial charge in [0, 0.05) is 6.54 Å². The Morgan fingerprint density at radius 3 is 2.45 bits per heavy atom. The molecule has 0 heterocycles. The van der Waals surface area contributed by atoms with Crippen molar-refractivity contribution < 1.29 is 19.1 Å². The summed E-state index contributed by atoms with van der Waals surface area (Å²) in [6.07, 6.45) is -0.0433. The van der Waals surface area contributed by atoms with Gasteiger partial charge in [-0.2, -0.15) is 0 Å². The van der Waals surface area contributed by atoms with E-state index in [9.17, 15) is 14.4 Å². The van der Waals surface area contributed by atoms with Crippen molar-refractivity contribution >= 4 is 46.7 Å². The van der Waals surface area contributed by atoms with Crippen LogP contribution in [0, 0.1) is 5.92 Å². The molecule has 0 fully saturated rings. The van der Waals surface area contributed by atoms with Crippen LogP contribution in [0.5, 0.6) is 0 Å². The minimum Gasteiger partial charge on any atom is -0.455 e. The second-order valence-electron chi connectivity index (χ2n) is 6.78. The fourth-order valence-corrected chi connectivity index (χ4v) is 2.70. The maximum Gasteiger partial charge on any atom is 0.310 e. The summed E-state index contributed by atoms with van der Waals surface area (Å²) in [4.78, 5) is 36.4. The normalized spacial score (nSPS) is 10.5. The number of esters is 1. The molecule has 0 saturated heterocycles. The largest absolute Gasteiger partial charge is 0.455 e. The molecule has 0 unspecified atom stereocenters. The van der Waals surface area contributed by atoms with Gasteiger partial charge in [-0.25, -0.2) is 0 Å². The highest BCUT2D eigenvalue weighted by Crippen LogP contribution is 2.23. The van der Waals surface area contributed by atoms with Crippen LogP contribution in [0.4, 0.5) is 5.69 Å². The molecule has 29 heavy (non-hydrogen) atoms. The molecule has 0 saturated carbocycles. The molecule has 0 spiro atoms. The van der Waals surface area contributed by atoms with E-state index in [0.717, 1.165) is 0 Å². The van der Waals surface area contributed by atoms with E-state index in [1.165, 1.54) is 0 Å². The number of carbonyl (C=O) groups is 3. The number of hydrogen-bond donors (Lipinski definition) is 2. The maximum atomic E-state index is 12.3. The first-order valence-electron chi connectivity index (χ1n) is 9.03. The number of benzene rings is 2. The summed E-state index contributed by atoms with van der Waals surface area (Å²) in [5.41, 5.74) is 1.31. The summed E-state index contributed by atoms with van der Waals surface area (Å²) in [7, 11) is 0. The van der Waals surface area contributed by atoms with Gasteiger partial charge in [-0.1, -0.05) is 55.2 Å². The van der Waals surface area contributed by atoms with Crippen molar-refractivity contribution in [1.29, 1.82) is 0 Å². The van der Waals surface area contributed by atoms with Gasteiger partial charge in [0.05, 0.1) is 27.7 Å². The molecule has 2 amide bonds. The third-order valence-electron chi connectivity index (χ3n) is 3.81. The molecule has 0 aliphatic heterocycles. The highest BCUT2D eigenvalue weighted by Gasteiger charge is 2.15. The minimum atomic E-state index is -0.582. The number of halogens is 2. The SMILES string of the molecule is CC(C)CNC(=O)c1ccccc1NC(=O)COC(=O)Cc1ccc(Cl)c(Cl)c1.